The molecular formula is C18H18N4O5. The number of amides is 1. The van der Waals surface area contributed by atoms with E-state index in [0.717, 1.165) is 6.42 Å². The number of carbonyl (C=O) groups is 1. The van der Waals surface area contributed by atoms with Gasteiger partial charge in [0.05, 0.1) is 24.2 Å². The molecule has 2 aromatic heterocycles. The number of non-ortho nitro benzene ring substituents is 1. The standard InChI is InChI=1S/C18H18N4O5/c1-2-9-21(12-16-19-20-18(27-16)15-4-3-10-26-15)17(23)11-13-5-7-14(8-6-13)22(24)25/h3-8,10H,2,9,11-12H2,1H3. The van der Waals surface area contributed by atoms with Gasteiger partial charge in [0.15, 0.2) is 5.76 Å². The van der Waals surface area contributed by atoms with E-state index in [-0.39, 0.29) is 30.5 Å². The molecule has 9 nitrogen and oxygen atoms in total. The van der Waals surface area contributed by atoms with E-state index in [2.05, 4.69) is 10.2 Å². The third kappa shape index (κ3) is 4.57. The van der Waals surface area contributed by atoms with Crippen LogP contribution in [-0.2, 0) is 17.8 Å². The second-order valence-corrected chi connectivity index (χ2v) is 5.89. The molecule has 0 fully saturated rings. The quantitative estimate of drug-likeness (QED) is 0.441. The Balaban J connectivity index is 1.67. The molecule has 9 heteroatoms. The van der Waals surface area contributed by atoms with Crippen LogP contribution in [0.25, 0.3) is 11.7 Å². The van der Waals surface area contributed by atoms with Crippen molar-refractivity contribution in [2.24, 2.45) is 0 Å². The van der Waals surface area contributed by atoms with Gasteiger partial charge in [0.2, 0.25) is 11.8 Å². The van der Waals surface area contributed by atoms with E-state index < -0.39 is 4.92 Å². The summed E-state index contributed by atoms with van der Waals surface area (Å²) in [7, 11) is 0. The molecule has 140 valence electrons. The molecule has 0 aliphatic rings. The number of hydrogen-bond donors (Lipinski definition) is 0. The number of nitro groups is 1. The number of carbonyl (C=O) groups excluding carboxylic acids is 1. The lowest BCUT2D eigenvalue weighted by Gasteiger charge is -2.20. The lowest BCUT2D eigenvalue weighted by molar-refractivity contribution is -0.384. The minimum Gasteiger partial charge on any atom is -0.459 e. The maximum Gasteiger partial charge on any atom is 0.283 e. The summed E-state index contributed by atoms with van der Waals surface area (Å²) < 4.78 is 10.8. The first-order valence-electron chi connectivity index (χ1n) is 8.44. The summed E-state index contributed by atoms with van der Waals surface area (Å²) in [4.78, 5) is 24.5. The number of hydrogen-bond acceptors (Lipinski definition) is 7. The topological polar surface area (TPSA) is 116 Å². The van der Waals surface area contributed by atoms with Crippen LogP contribution in [0.15, 0.2) is 51.5 Å². The fourth-order valence-electron chi connectivity index (χ4n) is 2.56. The number of rotatable bonds is 8. The van der Waals surface area contributed by atoms with Crippen LogP contribution in [0.5, 0.6) is 0 Å². The first-order valence-corrected chi connectivity index (χ1v) is 8.44. The van der Waals surface area contributed by atoms with Crippen LogP contribution in [0.2, 0.25) is 0 Å². The van der Waals surface area contributed by atoms with Crippen LogP contribution in [0.3, 0.4) is 0 Å². The van der Waals surface area contributed by atoms with Crippen molar-refractivity contribution >= 4 is 11.6 Å². The van der Waals surface area contributed by atoms with Crippen LogP contribution >= 0.6 is 0 Å². The molecule has 0 aliphatic carbocycles. The normalized spacial score (nSPS) is 10.7. The van der Waals surface area contributed by atoms with E-state index in [4.69, 9.17) is 8.83 Å². The smallest absolute Gasteiger partial charge is 0.283 e. The molecule has 27 heavy (non-hydrogen) atoms. The second kappa shape index (κ2) is 8.26. The lowest BCUT2D eigenvalue weighted by Crippen LogP contribution is -2.32. The maximum atomic E-state index is 12.6. The average Bonchev–Trinajstić information content (AvgIpc) is 3.33. The summed E-state index contributed by atoms with van der Waals surface area (Å²) in [5, 5.41) is 18.6. The summed E-state index contributed by atoms with van der Waals surface area (Å²) in [6.45, 7) is 2.69. The van der Waals surface area contributed by atoms with Crippen LogP contribution < -0.4 is 0 Å². The highest BCUT2D eigenvalue weighted by Gasteiger charge is 2.19. The van der Waals surface area contributed by atoms with Gasteiger partial charge in [-0.1, -0.05) is 19.1 Å². The van der Waals surface area contributed by atoms with Gasteiger partial charge < -0.3 is 13.7 Å². The fourth-order valence-corrected chi connectivity index (χ4v) is 2.56. The average molecular weight is 370 g/mol. The Hall–Kier alpha value is -3.49. The molecular weight excluding hydrogens is 352 g/mol. The molecule has 0 atom stereocenters. The monoisotopic (exact) mass is 370 g/mol. The van der Waals surface area contributed by atoms with Gasteiger partial charge in [-0.2, -0.15) is 0 Å². The van der Waals surface area contributed by atoms with Crippen molar-refractivity contribution in [1.29, 1.82) is 0 Å². The summed E-state index contributed by atoms with van der Waals surface area (Å²) in [6, 6.07) is 9.38. The number of aromatic nitrogens is 2. The largest absolute Gasteiger partial charge is 0.459 e. The van der Waals surface area contributed by atoms with Crippen molar-refractivity contribution in [3.63, 3.8) is 0 Å². The van der Waals surface area contributed by atoms with Crippen LogP contribution in [0.4, 0.5) is 5.69 Å². The van der Waals surface area contributed by atoms with Crippen molar-refractivity contribution in [2.75, 3.05) is 6.54 Å². The second-order valence-electron chi connectivity index (χ2n) is 5.89. The Labute approximate surface area is 154 Å². The summed E-state index contributed by atoms with van der Waals surface area (Å²) >= 11 is 0. The molecule has 1 amide bonds. The van der Waals surface area contributed by atoms with Gasteiger partial charge in [-0.25, -0.2) is 0 Å². The van der Waals surface area contributed by atoms with Gasteiger partial charge in [0.25, 0.3) is 11.6 Å². The Kier molecular flexibility index (Phi) is 5.60. The summed E-state index contributed by atoms with van der Waals surface area (Å²) in [5.74, 6) is 0.914. The van der Waals surface area contributed by atoms with Gasteiger partial charge in [0.1, 0.15) is 0 Å². The molecule has 3 aromatic rings. The van der Waals surface area contributed by atoms with Gasteiger partial charge in [-0.15, -0.1) is 10.2 Å². The van der Waals surface area contributed by atoms with Gasteiger partial charge in [0, 0.05) is 18.7 Å². The van der Waals surface area contributed by atoms with E-state index in [0.29, 0.717) is 23.8 Å². The molecule has 0 unspecified atom stereocenters. The molecule has 0 aliphatic heterocycles. The van der Waals surface area contributed by atoms with Crippen molar-refractivity contribution in [2.45, 2.75) is 26.3 Å². The zero-order valence-corrected chi connectivity index (χ0v) is 14.7. The van der Waals surface area contributed by atoms with Crippen molar-refractivity contribution in [1.82, 2.24) is 15.1 Å². The number of furan rings is 1. The van der Waals surface area contributed by atoms with E-state index in [9.17, 15) is 14.9 Å². The van der Waals surface area contributed by atoms with Crippen molar-refractivity contribution in [3.05, 3.63) is 64.2 Å². The molecule has 0 spiro atoms. The lowest BCUT2D eigenvalue weighted by atomic mass is 10.1. The zero-order chi connectivity index (χ0) is 19.2. The van der Waals surface area contributed by atoms with E-state index in [1.165, 1.54) is 18.4 Å². The highest BCUT2D eigenvalue weighted by molar-refractivity contribution is 5.78. The number of nitrogens with zero attached hydrogens (tertiary/aromatic N) is 4. The van der Waals surface area contributed by atoms with Crippen LogP contribution in [0.1, 0.15) is 24.8 Å². The molecule has 1 aromatic carbocycles. The predicted octanol–water partition coefficient (Wildman–Crippen LogP) is 3.22. The van der Waals surface area contributed by atoms with E-state index in [1.54, 1.807) is 29.2 Å². The SMILES string of the molecule is CCCN(Cc1nnc(-c2ccco2)o1)C(=O)Cc1ccc([N+](=O)[O-])cc1. The third-order valence-corrected chi connectivity index (χ3v) is 3.87. The zero-order valence-electron chi connectivity index (χ0n) is 14.7. The minimum atomic E-state index is -0.471. The molecule has 2 heterocycles. The van der Waals surface area contributed by atoms with Crippen LogP contribution in [0, 0.1) is 10.1 Å². The first-order chi connectivity index (χ1) is 13.1. The van der Waals surface area contributed by atoms with Crippen LogP contribution in [-0.4, -0.2) is 32.5 Å². The highest BCUT2D eigenvalue weighted by atomic mass is 16.6. The Bertz CT molecular complexity index is 902. The number of benzene rings is 1. The summed E-state index contributed by atoms with van der Waals surface area (Å²) in [6.07, 6.45) is 2.42. The molecule has 3 rings (SSSR count). The Morgan fingerprint density at radius 2 is 2.00 bits per heavy atom. The number of nitro benzene ring substituents is 1. The van der Waals surface area contributed by atoms with E-state index in [1.807, 2.05) is 6.92 Å². The van der Waals surface area contributed by atoms with Gasteiger partial charge in [-0.05, 0) is 24.1 Å². The minimum absolute atomic E-state index is 0.00655. The van der Waals surface area contributed by atoms with E-state index >= 15 is 0 Å². The fraction of sp³-hybridized carbons (Fsp3) is 0.278. The third-order valence-electron chi connectivity index (χ3n) is 3.87. The summed E-state index contributed by atoms with van der Waals surface area (Å²) in [5.41, 5.74) is 0.696. The molecule has 0 bridgehead atoms. The molecule has 0 N–H and O–H groups in total. The Morgan fingerprint density at radius 1 is 1.22 bits per heavy atom. The van der Waals surface area contributed by atoms with Gasteiger partial charge >= 0.3 is 0 Å². The molecule has 0 saturated heterocycles. The molecule has 0 radical (unpaired) electrons. The van der Waals surface area contributed by atoms with Crippen molar-refractivity contribution in [3.8, 4) is 11.7 Å². The predicted molar refractivity (Wildman–Crippen MR) is 94.5 cm³/mol. The van der Waals surface area contributed by atoms with Gasteiger partial charge in [-0.3, -0.25) is 14.9 Å². The molecule has 0 saturated carbocycles. The highest BCUT2D eigenvalue weighted by Crippen LogP contribution is 2.19. The first kappa shape index (κ1) is 18.3. The maximum absolute atomic E-state index is 12.6. The van der Waals surface area contributed by atoms with Crippen molar-refractivity contribution < 1.29 is 18.6 Å². The Morgan fingerprint density at radius 3 is 2.63 bits per heavy atom.